The number of aromatic nitrogens is 1. The van der Waals surface area contributed by atoms with Gasteiger partial charge in [0.15, 0.2) is 0 Å². The summed E-state index contributed by atoms with van der Waals surface area (Å²) in [6.45, 7) is 6.04. The predicted molar refractivity (Wildman–Crippen MR) is 104 cm³/mol. The molecule has 0 atom stereocenters. The maximum atomic E-state index is 12.2. The van der Waals surface area contributed by atoms with Gasteiger partial charge in [0.1, 0.15) is 11.2 Å². The maximum absolute atomic E-state index is 12.2. The van der Waals surface area contributed by atoms with Crippen LogP contribution in [-0.4, -0.2) is 35.7 Å². The molecule has 144 valence electrons. The molecule has 1 aromatic carbocycles. The van der Waals surface area contributed by atoms with E-state index in [1.54, 1.807) is 26.8 Å². The zero-order valence-electron chi connectivity index (χ0n) is 15.8. The lowest BCUT2D eigenvalue weighted by Gasteiger charge is -2.19. The van der Waals surface area contributed by atoms with Crippen LogP contribution in [0.5, 0.6) is 0 Å². The van der Waals surface area contributed by atoms with Crippen LogP contribution in [0.1, 0.15) is 37.6 Å². The number of pyridine rings is 1. The van der Waals surface area contributed by atoms with Crippen LogP contribution in [0.4, 0.5) is 4.79 Å². The number of hydrogen-bond donors (Lipinski definition) is 3. The van der Waals surface area contributed by atoms with E-state index in [1.165, 1.54) is 6.07 Å². The highest BCUT2D eigenvalue weighted by Crippen LogP contribution is 2.14. The lowest BCUT2D eigenvalue weighted by Crippen LogP contribution is -2.35. The molecule has 0 aliphatic carbocycles. The van der Waals surface area contributed by atoms with Crippen molar-refractivity contribution >= 4 is 12.0 Å². The molecule has 1 heterocycles. The number of nitrogens with one attached hydrogen (secondary N) is 3. The molecule has 2 amide bonds. The summed E-state index contributed by atoms with van der Waals surface area (Å²) < 4.78 is 5.12. The Morgan fingerprint density at radius 3 is 2.30 bits per heavy atom. The van der Waals surface area contributed by atoms with Crippen molar-refractivity contribution in [3.63, 3.8) is 0 Å². The topological polar surface area (TPSA) is 100 Å². The number of carbonyl (C=O) groups excluding carboxylic acids is 2. The van der Waals surface area contributed by atoms with E-state index in [0.29, 0.717) is 25.2 Å². The van der Waals surface area contributed by atoms with Gasteiger partial charge in [0.25, 0.3) is 11.5 Å². The van der Waals surface area contributed by atoms with Crippen molar-refractivity contribution in [2.24, 2.45) is 0 Å². The summed E-state index contributed by atoms with van der Waals surface area (Å²) in [5.74, 6) is -0.451. The second-order valence-electron chi connectivity index (χ2n) is 7.02. The first-order valence-corrected chi connectivity index (χ1v) is 8.80. The van der Waals surface area contributed by atoms with Crippen LogP contribution in [0.25, 0.3) is 11.3 Å². The molecular formula is C20H25N3O4. The van der Waals surface area contributed by atoms with E-state index in [-0.39, 0.29) is 5.56 Å². The summed E-state index contributed by atoms with van der Waals surface area (Å²) in [5, 5.41) is 5.28. The van der Waals surface area contributed by atoms with Crippen LogP contribution in [0, 0.1) is 0 Å². The molecular weight excluding hydrogens is 346 g/mol. The molecule has 7 heteroatoms. The quantitative estimate of drug-likeness (QED) is 0.680. The second kappa shape index (κ2) is 9.02. The molecule has 0 bridgehead atoms. The molecule has 0 unspecified atom stereocenters. The van der Waals surface area contributed by atoms with Gasteiger partial charge in [0, 0.05) is 18.8 Å². The Hall–Kier alpha value is -3.09. The first kappa shape index (κ1) is 20.2. The van der Waals surface area contributed by atoms with E-state index in [9.17, 15) is 14.4 Å². The molecule has 0 aliphatic heterocycles. The number of ether oxygens (including phenoxy) is 1. The number of H-pyrrole nitrogens is 1. The van der Waals surface area contributed by atoms with Crippen molar-refractivity contribution < 1.29 is 14.3 Å². The fraction of sp³-hybridized carbons (Fsp3) is 0.350. The third-order valence-electron chi connectivity index (χ3n) is 3.55. The monoisotopic (exact) mass is 371 g/mol. The van der Waals surface area contributed by atoms with E-state index in [0.717, 1.165) is 5.56 Å². The Balaban J connectivity index is 1.81. The Morgan fingerprint density at radius 1 is 1.00 bits per heavy atom. The maximum Gasteiger partial charge on any atom is 0.407 e. The molecule has 27 heavy (non-hydrogen) atoms. The normalized spacial score (nSPS) is 10.9. The fourth-order valence-electron chi connectivity index (χ4n) is 2.33. The molecule has 2 aromatic rings. The molecule has 0 saturated carbocycles. The summed E-state index contributed by atoms with van der Waals surface area (Å²) in [6, 6.07) is 12.6. The van der Waals surface area contributed by atoms with Crippen molar-refractivity contribution in [3.8, 4) is 11.3 Å². The predicted octanol–water partition coefficient (Wildman–Crippen LogP) is 2.69. The van der Waals surface area contributed by atoms with Gasteiger partial charge in [-0.15, -0.1) is 0 Å². The summed E-state index contributed by atoms with van der Waals surface area (Å²) in [7, 11) is 0. The van der Waals surface area contributed by atoms with Crippen molar-refractivity contribution in [2.45, 2.75) is 32.8 Å². The fourth-order valence-corrected chi connectivity index (χ4v) is 2.33. The van der Waals surface area contributed by atoms with Gasteiger partial charge in [-0.1, -0.05) is 30.3 Å². The number of alkyl carbamates (subject to hydrolysis) is 1. The number of hydrogen-bond acceptors (Lipinski definition) is 4. The van der Waals surface area contributed by atoms with Gasteiger partial charge in [-0.3, -0.25) is 9.59 Å². The highest BCUT2D eigenvalue weighted by molar-refractivity contribution is 5.94. The molecule has 0 aliphatic rings. The Bertz CT molecular complexity index is 838. The molecule has 0 saturated heterocycles. The average molecular weight is 371 g/mol. The minimum atomic E-state index is -0.550. The summed E-state index contributed by atoms with van der Waals surface area (Å²) in [4.78, 5) is 38.6. The SMILES string of the molecule is CC(C)(C)OC(=O)NCCCNC(=O)c1ccc(-c2ccccc2)[nH]c1=O. The van der Waals surface area contributed by atoms with Crippen LogP contribution >= 0.6 is 0 Å². The average Bonchev–Trinajstić information content (AvgIpc) is 2.60. The van der Waals surface area contributed by atoms with Gasteiger partial charge in [0.2, 0.25) is 0 Å². The van der Waals surface area contributed by atoms with Gasteiger partial charge in [-0.25, -0.2) is 4.79 Å². The Kier molecular flexibility index (Phi) is 6.76. The van der Waals surface area contributed by atoms with Crippen molar-refractivity contribution in [2.75, 3.05) is 13.1 Å². The molecule has 7 nitrogen and oxygen atoms in total. The van der Waals surface area contributed by atoms with Crippen LogP contribution in [0.2, 0.25) is 0 Å². The smallest absolute Gasteiger partial charge is 0.407 e. The first-order valence-electron chi connectivity index (χ1n) is 8.80. The van der Waals surface area contributed by atoms with Crippen LogP contribution in [0.15, 0.2) is 47.3 Å². The number of benzene rings is 1. The van der Waals surface area contributed by atoms with Gasteiger partial charge >= 0.3 is 6.09 Å². The zero-order chi connectivity index (χ0) is 19.9. The van der Waals surface area contributed by atoms with E-state index in [4.69, 9.17) is 4.74 Å². The molecule has 1 aromatic heterocycles. The van der Waals surface area contributed by atoms with E-state index >= 15 is 0 Å². The minimum absolute atomic E-state index is 0.0507. The number of aromatic amines is 1. The lowest BCUT2D eigenvalue weighted by atomic mass is 10.1. The molecule has 0 spiro atoms. The highest BCUT2D eigenvalue weighted by atomic mass is 16.6. The van der Waals surface area contributed by atoms with E-state index < -0.39 is 23.2 Å². The molecule has 0 radical (unpaired) electrons. The number of amides is 2. The van der Waals surface area contributed by atoms with Gasteiger partial charge in [-0.2, -0.15) is 0 Å². The van der Waals surface area contributed by atoms with Crippen LogP contribution < -0.4 is 16.2 Å². The third kappa shape index (κ3) is 6.62. The zero-order valence-corrected chi connectivity index (χ0v) is 15.8. The first-order chi connectivity index (χ1) is 12.8. The largest absolute Gasteiger partial charge is 0.444 e. The van der Waals surface area contributed by atoms with Gasteiger partial charge < -0.3 is 20.4 Å². The van der Waals surface area contributed by atoms with Gasteiger partial charge in [-0.05, 0) is 44.9 Å². The third-order valence-corrected chi connectivity index (χ3v) is 3.55. The van der Waals surface area contributed by atoms with Crippen molar-refractivity contribution in [3.05, 3.63) is 58.4 Å². The summed E-state index contributed by atoms with van der Waals surface area (Å²) in [5.41, 5.74) is 0.578. The van der Waals surface area contributed by atoms with Crippen LogP contribution in [-0.2, 0) is 4.74 Å². The Labute approximate surface area is 158 Å². The number of rotatable bonds is 6. The van der Waals surface area contributed by atoms with E-state index in [1.807, 2.05) is 30.3 Å². The Morgan fingerprint density at radius 2 is 1.67 bits per heavy atom. The summed E-state index contributed by atoms with van der Waals surface area (Å²) >= 11 is 0. The minimum Gasteiger partial charge on any atom is -0.444 e. The highest BCUT2D eigenvalue weighted by Gasteiger charge is 2.15. The molecule has 3 N–H and O–H groups in total. The second-order valence-corrected chi connectivity index (χ2v) is 7.02. The standard InChI is InChI=1S/C20H25N3O4/c1-20(2,3)27-19(26)22-13-7-12-21-17(24)15-10-11-16(23-18(15)25)14-8-5-4-6-9-14/h4-6,8-11H,7,12-13H2,1-3H3,(H,21,24)(H,22,26)(H,23,25). The van der Waals surface area contributed by atoms with Crippen molar-refractivity contribution in [1.29, 1.82) is 0 Å². The molecule has 2 rings (SSSR count). The summed E-state index contributed by atoms with van der Waals surface area (Å²) in [6.07, 6.45) is 0.0205. The number of carbonyl (C=O) groups is 2. The molecule has 0 fully saturated rings. The van der Waals surface area contributed by atoms with Crippen LogP contribution in [0.3, 0.4) is 0 Å². The lowest BCUT2D eigenvalue weighted by molar-refractivity contribution is 0.0527. The van der Waals surface area contributed by atoms with E-state index in [2.05, 4.69) is 15.6 Å². The van der Waals surface area contributed by atoms with Gasteiger partial charge in [0.05, 0.1) is 0 Å². The van der Waals surface area contributed by atoms with Crippen molar-refractivity contribution in [1.82, 2.24) is 15.6 Å².